The summed E-state index contributed by atoms with van der Waals surface area (Å²) in [7, 11) is 0. The van der Waals surface area contributed by atoms with Crippen molar-refractivity contribution in [1.29, 1.82) is 0 Å². The fourth-order valence-corrected chi connectivity index (χ4v) is 3.36. The molecule has 0 spiro atoms. The number of hydrogen-bond acceptors (Lipinski definition) is 4. The van der Waals surface area contributed by atoms with E-state index in [0.717, 1.165) is 27.6 Å². The maximum Gasteiger partial charge on any atom is 0.256 e. The molecule has 4 N–H and O–H groups in total. The zero-order valence-electron chi connectivity index (χ0n) is 16.4. The Labute approximate surface area is 175 Å². The highest BCUT2D eigenvalue weighted by Gasteiger charge is 2.14. The number of para-hydroxylation sites is 1. The van der Waals surface area contributed by atoms with Gasteiger partial charge in [0.1, 0.15) is 0 Å². The van der Waals surface area contributed by atoms with E-state index in [9.17, 15) is 4.79 Å². The molecule has 1 aliphatic heterocycles. The number of carbonyl (C=O) groups is 1. The van der Waals surface area contributed by atoms with Gasteiger partial charge in [-0.1, -0.05) is 67.3 Å². The lowest BCUT2D eigenvalue weighted by Gasteiger charge is -2.13. The fourth-order valence-electron chi connectivity index (χ4n) is 3.36. The van der Waals surface area contributed by atoms with Crippen molar-refractivity contribution in [3.05, 3.63) is 108 Å². The number of nitrogens with zero attached hydrogens (tertiary/aromatic N) is 1. The summed E-state index contributed by atoms with van der Waals surface area (Å²) in [6.45, 7) is 4.70. The van der Waals surface area contributed by atoms with Crippen molar-refractivity contribution in [3.63, 3.8) is 0 Å². The highest BCUT2D eigenvalue weighted by atomic mass is 16.1. The van der Waals surface area contributed by atoms with Crippen LogP contribution in [0.25, 0.3) is 16.3 Å². The quantitative estimate of drug-likeness (QED) is 0.613. The van der Waals surface area contributed by atoms with E-state index >= 15 is 0 Å². The van der Waals surface area contributed by atoms with Crippen LogP contribution in [0.15, 0.2) is 102 Å². The van der Waals surface area contributed by atoms with Crippen LogP contribution in [0.5, 0.6) is 0 Å². The molecular formula is C25H22N4O. The number of nitrogens with two attached hydrogens (primary N) is 1. The summed E-state index contributed by atoms with van der Waals surface area (Å²) in [5, 5.41) is 8.93. The van der Waals surface area contributed by atoms with Crippen molar-refractivity contribution < 1.29 is 4.79 Å². The average Bonchev–Trinajstić information content (AvgIpc) is 2.85. The van der Waals surface area contributed by atoms with Crippen LogP contribution in [-0.4, -0.2) is 18.3 Å². The number of anilines is 1. The molecule has 0 saturated carbocycles. The van der Waals surface area contributed by atoms with Crippen molar-refractivity contribution in [2.24, 2.45) is 10.8 Å². The summed E-state index contributed by atoms with van der Waals surface area (Å²) in [6, 6.07) is 21.1. The topological polar surface area (TPSA) is 79.5 Å². The van der Waals surface area contributed by atoms with Gasteiger partial charge in [-0.05, 0) is 46.2 Å². The molecule has 5 heteroatoms. The third-order valence-corrected chi connectivity index (χ3v) is 4.91. The van der Waals surface area contributed by atoms with Crippen molar-refractivity contribution in [1.82, 2.24) is 5.43 Å². The van der Waals surface area contributed by atoms with Gasteiger partial charge in [-0.25, -0.2) is 0 Å². The maximum absolute atomic E-state index is 12.8. The van der Waals surface area contributed by atoms with E-state index in [1.807, 2.05) is 85.0 Å². The second-order valence-electron chi connectivity index (χ2n) is 6.91. The van der Waals surface area contributed by atoms with Crippen LogP contribution in [0.2, 0.25) is 0 Å². The van der Waals surface area contributed by atoms with Crippen molar-refractivity contribution in [2.45, 2.75) is 0 Å². The van der Waals surface area contributed by atoms with Gasteiger partial charge < -0.3 is 16.5 Å². The molecule has 0 atom stereocenters. The van der Waals surface area contributed by atoms with Crippen LogP contribution in [0, 0.1) is 0 Å². The highest BCUT2D eigenvalue weighted by Crippen LogP contribution is 2.28. The van der Waals surface area contributed by atoms with Crippen LogP contribution in [0.3, 0.4) is 0 Å². The summed E-state index contributed by atoms with van der Waals surface area (Å²) in [5.41, 5.74) is 12.8. The molecule has 1 aliphatic rings. The molecule has 5 nitrogen and oxygen atoms in total. The smallest absolute Gasteiger partial charge is 0.256 e. The van der Waals surface area contributed by atoms with Gasteiger partial charge in [0, 0.05) is 16.8 Å². The standard InChI is InChI=1S/C25H22N4O/c1-17-21(11-5-6-15-27-29-24(17)26)19-13-14-22-18(16-19)8-7-12-23(22)25(30)28-20-9-3-2-4-10-20/h2-14,16,27H,1,15H2,(H2,26,29)(H,28,30)/b6-5-,21-11+. The monoisotopic (exact) mass is 394 g/mol. The van der Waals surface area contributed by atoms with Gasteiger partial charge in [0.15, 0.2) is 5.84 Å². The van der Waals surface area contributed by atoms with Crippen LogP contribution >= 0.6 is 0 Å². The number of fused-ring (bicyclic) bond motifs is 1. The molecule has 0 aliphatic carbocycles. The number of hydrogen-bond donors (Lipinski definition) is 3. The number of hydrazone groups is 1. The normalized spacial score (nSPS) is 16.9. The molecule has 148 valence electrons. The van der Waals surface area contributed by atoms with Crippen molar-refractivity contribution in [3.8, 4) is 0 Å². The summed E-state index contributed by atoms with van der Waals surface area (Å²) in [4.78, 5) is 12.8. The molecule has 0 unspecified atom stereocenters. The predicted octanol–water partition coefficient (Wildman–Crippen LogP) is 4.46. The minimum Gasteiger partial charge on any atom is -0.382 e. The number of rotatable bonds is 3. The fraction of sp³-hybridized carbons (Fsp3) is 0.0400. The molecule has 3 aromatic carbocycles. The van der Waals surface area contributed by atoms with E-state index < -0.39 is 0 Å². The highest BCUT2D eigenvalue weighted by molar-refractivity contribution is 6.14. The number of amides is 1. The van der Waals surface area contributed by atoms with Gasteiger partial charge >= 0.3 is 0 Å². The Morgan fingerprint density at radius 1 is 1.07 bits per heavy atom. The number of allylic oxidation sites excluding steroid dienone is 2. The van der Waals surface area contributed by atoms with Gasteiger partial charge in [-0.15, -0.1) is 0 Å². The van der Waals surface area contributed by atoms with E-state index in [4.69, 9.17) is 5.73 Å². The SMILES string of the molecule is C=C1C(N)=NNC/C=C\C=C/1c1ccc2c(C(=O)Nc3ccccc3)cccc2c1. The van der Waals surface area contributed by atoms with Crippen LogP contribution in [0.1, 0.15) is 15.9 Å². The summed E-state index contributed by atoms with van der Waals surface area (Å²) in [5.74, 6) is 0.206. The molecular weight excluding hydrogens is 372 g/mol. The van der Waals surface area contributed by atoms with Crippen molar-refractivity contribution >= 4 is 33.8 Å². The first kappa shape index (κ1) is 19.2. The largest absolute Gasteiger partial charge is 0.382 e. The Balaban J connectivity index is 1.72. The first-order chi connectivity index (χ1) is 14.6. The lowest BCUT2D eigenvalue weighted by Crippen LogP contribution is -2.20. The Morgan fingerprint density at radius 3 is 2.73 bits per heavy atom. The molecule has 3 aromatic rings. The molecule has 0 bridgehead atoms. The first-order valence-electron chi connectivity index (χ1n) is 9.65. The molecule has 30 heavy (non-hydrogen) atoms. The van der Waals surface area contributed by atoms with Gasteiger partial charge in [-0.2, -0.15) is 5.10 Å². The van der Waals surface area contributed by atoms with Crippen LogP contribution in [-0.2, 0) is 0 Å². The molecule has 0 aromatic heterocycles. The van der Waals surface area contributed by atoms with Gasteiger partial charge in [0.25, 0.3) is 5.91 Å². The second kappa shape index (κ2) is 8.49. The minimum atomic E-state index is -0.143. The number of carbonyl (C=O) groups excluding carboxylic acids is 1. The molecule has 0 saturated heterocycles. The average molecular weight is 394 g/mol. The zero-order valence-corrected chi connectivity index (χ0v) is 16.4. The maximum atomic E-state index is 12.8. The number of amidine groups is 1. The Bertz CT molecular complexity index is 1210. The van der Waals surface area contributed by atoms with Crippen molar-refractivity contribution in [2.75, 3.05) is 11.9 Å². The van der Waals surface area contributed by atoms with Crippen LogP contribution < -0.4 is 16.5 Å². The zero-order chi connectivity index (χ0) is 20.9. The molecule has 0 fully saturated rings. The number of benzene rings is 3. The third-order valence-electron chi connectivity index (χ3n) is 4.91. The van der Waals surface area contributed by atoms with E-state index in [0.29, 0.717) is 23.5 Å². The lowest BCUT2D eigenvalue weighted by molar-refractivity contribution is 0.102. The third kappa shape index (κ3) is 4.00. The Kier molecular flexibility index (Phi) is 5.44. The number of nitrogens with one attached hydrogen (secondary N) is 2. The summed E-state index contributed by atoms with van der Waals surface area (Å²) < 4.78 is 0. The molecule has 1 heterocycles. The molecule has 0 radical (unpaired) electrons. The van der Waals surface area contributed by atoms with E-state index in [-0.39, 0.29) is 5.91 Å². The minimum absolute atomic E-state index is 0.143. The van der Waals surface area contributed by atoms with E-state index in [1.54, 1.807) is 0 Å². The molecule has 4 rings (SSSR count). The molecule has 1 amide bonds. The summed E-state index contributed by atoms with van der Waals surface area (Å²) >= 11 is 0. The van der Waals surface area contributed by atoms with Gasteiger partial charge in [-0.3, -0.25) is 4.79 Å². The van der Waals surface area contributed by atoms with Gasteiger partial charge in [0.2, 0.25) is 0 Å². The van der Waals surface area contributed by atoms with E-state index in [1.165, 1.54) is 0 Å². The second-order valence-corrected chi connectivity index (χ2v) is 6.91. The van der Waals surface area contributed by atoms with Crippen LogP contribution in [0.4, 0.5) is 5.69 Å². The first-order valence-corrected chi connectivity index (χ1v) is 9.65. The predicted molar refractivity (Wildman–Crippen MR) is 124 cm³/mol. The Morgan fingerprint density at radius 2 is 1.90 bits per heavy atom. The van der Waals surface area contributed by atoms with Gasteiger partial charge in [0.05, 0.1) is 6.54 Å². The Hall–Kier alpha value is -4.12. The van der Waals surface area contributed by atoms with E-state index in [2.05, 4.69) is 22.4 Å². The lowest BCUT2D eigenvalue weighted by atomic mass is 9.94. The summed E-state index contributed by atoms with van der Waals surface area (Å²) in [6.07, 6.45) is 5.89.